The molecule has 0 bridgehead atoms. The van der Waals surface area contributed by atoms with E-state index in [2.05, 4.69) is 13.0 Å². The van der Waals surface area contributed by atoms with Gasteiger partial charge in [-0.05, 0) is 68.9 Å². The molecule has 0 spiro atoms. The van der Waals surface area contributed by atoms with E-state index in [-0.39, 0.29) is 5.91 Å². The van der Waals surface area contributed by atoms with Crippen molar-refractivity contribution in [3.63, 3.8) is 0 Å². The summed E-state index contributed by atoms with van der Waals surface area (Å²) < 4.78 is 0. The first-order valence-electron chi connectivity index (χ1n) is 8.04. The lowest BCUT2D eigenvalue weighted by molar-refractivity contribution is 0.0684. The van der Waals surface area contributed by atoms with Crippen LogP contribution in [0.5, 0.6) is 0 Å². The van der Waals surface area contributed by atoms with Crippen LogP contribution in [0.15, 0.2) is 6.07 Å². The van der Waals surface area contributed by atoms with Crippen molar-refractivity contribution < 1.29 is 4.79 Å². The first kappa shape index (κ1) is 14.1. The molecular weight excluding hydrogens is 266 g/mol. The first-order valence-corrected chi connectivity index (χ1v) is 8.85. The maximum atomic E-state index is 12.7. The van der Waals surface area contributed by atoms with Gasteiger partial charge in [0.25, 0.3) is 5.91 Å². The summed E-state index contributed by atoms with van der Waals surface area (Å²) in [4.78, 5) is 17.1. The number of hydrogen-bond acceptors (Lipinski definition) is 2. The highest BCUT2D eigenvalue weighted by Crippen LogP contribution is 2.32. The molecule has 1 aromatic heterocycles. The number of carbonyl (C=O) groups excluding carboxylic acids is 1. The largest absolute Gasteiger partial charge is 0.338 e. The fourth-order valence-electron chi connectivity index (χ4n) is 3.57. The van der Waals surface area contributed by atoms with Crippen LogP contribution in [-0.2, 0) is 12.8 Å². The summed E-state index contributed by atoms with van der Waals surface area (Å²) in [7, 11) is 2.00. The molecule has 0 N–H and O–H groups in total. The van der Waals surface area contributed by atoms with Crippen molar-refractivity contribution in [2.24, 2.45) is 5.92 Å². The van der Waals surface area contributed by atoms with E-state index in [1.165, 1.54) is 61.8 Å². The average Bonchev–Trinajstić information content (AvgIpc) is 2.90. The van der Waals surface area contributed by atoms with Gasteiger partial charge in [-0.1, -0.05) is 6.92 Å². The van der Waals surface area contributed by atoms with Crippen molar-refractivity contribution in [3.8, 4) is 0 Å². The minimum Gasteiger partial charge on any atom is -0.338 e. The van der Waals surface area contributed by atoms with Crippen LogP contribution < -0.4 is 0 Å². The van der Waals surface area contributed by atoms with Crippen LogP contribution in [0.25, 0.3) is 0 Å². The molecule has 2 aliphatic rings. The molecule has 2 nitrogen and oxygen atoms in total. The van der Waals surface area contributed by atoms with Crippen molar-refractivity contribution in [3.05, 3.63) is 21.4 Å². The number of hydrogen-bond donors (Lipinski definition) is 0. The molecule has 1 saturated carbocycles. The van der Waals surface area contributed by atoms with E-state index in [9.17, 15) is 4.79 Å². The van der Waals surface area contributed by atoms with Crippen LogP contribution in [0.3, 0.4) is 0 Å². The fourth-order valence-corrected chi connectivity index (χ4v) is 4.80. The lowest BCUT2D eigenvalue weighted by Crippen LogP contribution is -2.38. The van der Waals surface area contributed by atoms with Gasteiger partial charge in [-0.15, -0.1) is 11.3 Å². The first-order chi connectivity index (χ1) is 9.65. The average molecular weight is 291 g/mol. The quantitative estimate of drug-likeness (QED) is 0.796. The predicted octanol–water partition coefficient (Wildman–Crippen LogP) is 4.28. The molecule has 0 aliphatic heterocycles. The summed E-state index contributed by atoms with van der Waals surface area (Å²) in [5.74, 6) is 1.09. The number of fused-ring (bicyclic) bond motifs is 1. The van der Waals surface area contributed by atoms with Gasteiger partial charge in [0.1, 0.15) is 0 Å². The Morgan fingerprint density at radius 1 is 1.20 bits per heavy atom. The van der Waals surface area contributed by atoms with E-state index >= 15 is 0 Å². The van der Waals surface area contributed by atoms with Crippen molar-refractivity contribution in [2.75, 3.05) is 7.05 Å². The van der Waals surface area contributed by atoms with Crippen molar-refractivity contribution in [2.45, 2.75) is 64.3 Å². The standard InChI is InChI=1S/C17H25NOS/c1-12-7-9-14(10-8-12)18(2)17(19)16-11-13-5-3-4-6-15(13)20-16/h11-12,14H,3-10H2,1-2H3. The van der Waals surface area contributed by atoms with Crippen LogP contribution in [0.2, 0.25) is 0 Å². The highest BCUT2D eigenvalue weighted by atomic mass is 32.1. The molecule has 2 aliphatic carbocycles. The molecule has 0 unspecified atom stereocenters. The summed E-state index contributed by atoms with van der Waals surface area (Å²) in [6, 6.07) is 2.63. The number of rotatable bonds is 2. The number of thiophene rings is 1. The van der Waals surface area contributed by atoms with Crippen LogP contribution in [-0.4, -0.2) is 23.9 Å². The Labute approximate surface area is 126 Å². The molecule has 1 heterocycles. The normalized spacial score (nSPS) is 26.1. The Morgan fingerprint density at radius 3 is 2.60 bits per heavy atom. The molecule has 0 saturated heterocycles. The summed E-state index contributed by atoms with van der Waals surface area (Å²) in [5.41, 5.74) is 1.44. The van der Waals surface area contributed by atoms with Crippen LogP contribution in [0, 0.1) is 5.92 Å². The second-order valence-electron chi connectivity index (χ2n) is 6.60. The molecule has 3 rings (SSSR count). The molecule has 0 radical (unpaired) electrons. The zero-order valence-corrected chi connectivity index (χ0v) is 13.5. The van der Waals surface area contributed by atoms with E-state index < -0.39 is 0 Å². The van der Waals surface area contributed by atoms with Gasteiger partial charge in [0, 0.05) is 18.0 Å². The Kier molecular flexibility index (Phi) is 4.16. The molecule has 1 fully saturated rings. The Balaban J connectivity index is 1.70. The minimum atomic E-state index is 0.254. The summed E-state index contributed by atoms with van der Waals surface area (Å²) >= 11 is 1.75. The van der Waals surface area contributed by atoms with Gasteiger partial charge in [0.05, 0.1) is 4.88 Å². The molecule has 0 atom stereocenters. The second kappa shape index (κ2) is 5.88. The number of aryl methyl sites for hydroxylation is 2. The Morgan fingerprint density at radius 2 is 1.90 bits per heavy atom. The van der Waals surface area contributed by atoms with Gasteiger partial charge in [0.2, 0.25) is 0 Å². The predicted molar refractivity (Wildman–Crippen MR) is 84.5 cm³/mol. The van der Waals surface area contributed by atoms with Gasteiger partial charge in [0.15, 0.2) is 0 Å². The third-order valence-corrected chi connectivity index (χ3v) is 6.29. The zero-order valence-electron chi connectivity index (χ0n) is 12.7. The van der Waals surface area contributed by atoms with Gasteiger partial charge >= 0.3 is 0 Å². The number of amides is 1. The second-order valence-corrected chi connectivity index (χ2v) is 7.73. The van der Waals surface area contributed by atoms with E-state index in [1.807, 2.05) is 11.9 Å². The lowest BCUT2D eigenvalue weighted by Gasteiger charge is -2.33. The van der Waals surface area contributed by atoms with Crippen molar-refractivity contribution in [1.29, 1.82) is 0 Å². The number of nitrogens with zero attached hydrogens (tertiary/aromatic N) is 1. The smallest absolute Gasteiger partial charge is 0.263 e. The molecular formula is C17H25NOS. The third-order valence-electron chi connectivity index (χ3n) is 5.06. The monoisotopic (exact) mass is 291 g/mol. The zero-order chi connectivity index (χ0) is 14.1. The molecule has 3 heteroatoms. The Bertz CT molecular complexity index is 462. The molecule has 1 amide bonds. The lowest BCUT2D eigenvalue weighted by atomic mass is 9.87. The summed E-state index contributed by atoms with van der Waals surface area (Å²) in [5, 5.41) is 0. The Hall–Kier alpha value is -0.830. The molecule has 1 aromatic rings. The molecule has 0 aromatic carbocycles. The maximum absolute atomic E-state index is 12.7. The van der Waals surface area contributed by atoms with Gasteiger partial charge in [-0.3, -0.25) is 4.79 Å². The van der Waals surface area contributed by atoms with E-state index in [1.54, 1.807) is 11.3 Å². The topological polar surface area (TPSA) is 20.3 Å². The SMILES string of the molecule is CC1CCC(N(C)C(=O)c2cc3c(s2)CCCC3)CC1. The summed E-state index contributed by atoms with van der Waals surface area (Å²) in [6.07, 6.45) is 9.81. The van der Waals surface area contributed by atoms with Crippen LogP contribution in [0.4, 0.5) is 0 Å². The summed E-state index contributed by atoms with van der Waals surface area (Å²) in [6.45, 7) is 2.32. The molecule has 20 heavy (non-hydrogen) atoms. The van der Waals surface area contributed by atoms with Crippen molar-refractivity contribution >= 4 is 17.2 Å². The van der Waals surface area contributed by atoms with E-state index in [4.69, 9.17) is 0 Å². The fraction of sp³-hybridized carbons (Fsp3) is 0.706. The van der Waals surface area contributed by atoms with Crippen LogP contribution >= 0.6 is 11.3 Å². The maximum Gasteiger partial charge on any atom is 0.263 e. The molecule has 110 valence electrons. The van der Waals surface area contributed by atoms with Gasteiger partial charge in [-0.25, -0.2) is 0 Å². The van der Waals surface area contributed by atoms with E-state index in [0.29, 0.717) is 6.04 Å². The highest BCUT2D eigenvalue weighted by molar-refractivity contribution is 7.14. The van der Waals surface area contributed by atoms with Gasteiger partial charge < -0.3 is 4.90 Å². The van der Waals surface area contributed by atoms with Gasteiger partial charge in [-0.2, -0.15) is 0 Å². The van der Waals surface area contributed by atoms with Crippen LogP contribution in [0.1, 0.15) is 65.6 Å². The van der Waals surface area contributed by atoms with E-state index in [0.717, 1.165) is 10.8 Å². The number of carbonyl (C=O) groups is 1. The highest BCUT2D eigenvalue weighted by Gasteiger charge is 2.27. The third kappa shape index (κ3) is 2.78. The van der Waals surface area contributed by atoms with Crippen molar-refractivity contribution in [1.82, 2.24) is 4.90 Å². The minimum absolute atomic E-state index is 0.254.